The van der Waals surface area contributed by atoms with Gasteiger partial charge in [-0.25, -0.2) is 0 Å². The third-order valence-corrected chi connectivity index (χ3v) is 3.27. The molecule has 0 saturated heterocycles. The lowest BCUT2D eigenvalue weighted by molar-refractivity contribution is 0.0994. The number of hydrogen-bond acceptors (Lipinski definition) is 1. The maximum atomic E-state index is 11.3. The van der Waals surface area contributed by atoms with E-state index in [1.807, 2.05) is 6.07 Å². The highest BCUT2D eigenvalue weighted by Crippen LogP contribution is 2.31. The summed E-state index contributed by atoms with van der Waals surface area (Å²) in [7, 11) is 0. The zero-order valence-electron chi connectivity index (χ0n) is 6.23. The van der Waals surface area contributed by atoms with E-state index in [-0.39, 0.29) is 5.78 Å². The molecule has 62 valence electrons. The van der Waals surface area contributed by atoms with Crippen LogP contribution in [0.4, 0.5) is 0 Å². The van der Waals surface area contributed by atoms with Crippen LogP contribution in [0, 0.1) is 0 Å². The van der Waals surface area contributed by atoms with Gasteiger partial charge in [0.2, 0.25) is 0 Å². The highest BCUT2D eigenvalue weighted by Gasteiger charge is 2.20. The number of hydrogen-bond donors (Lipinski definition) is 0. The minimum Gasteiger partial charge on any atom is -0.294 e. The first kappa shape index (κ1) is 8.27. The highest BCUT2D eigenvalue weighted by molar-refractivity contribution is 9.10. The molecular formula is C9H6BrClO. The number of carbonyl (C=O) groups excluding carboxylic acids is 1. The number of carbonyl (C=O) groups is 1. The van der Waals surface area contributed by atoms with E-state index in [2.05, 4.69) is 15.9 Å². The second kappa shape index (κ2) is 2.86. The number of aryl methyl sites for hydroxylation is 1. The van der Waals surface area contributed by atoms with Crippen LogP contribution < -0.4 is 0 Å². The standard InChI is InChI=1S/C9H6BrClO/c10-7-3-5-1-2-9(12)6(5)4-8(7)11/h3-4H,1-2H2. The third-order valence-electron chi connectivity index (χ3n) is 2.07. The van der Waals surface area contributed by atoms with Gasteiger partial charge in [-0.1, -0.05) is 11.6 Å². The molecule has 1 aliphatic carbocycles. The maximum Gasteiger partial charge on any atom is 0.163 e. The Morgan fingerprint density at radius 2 is 2.08 bits per heavy atom. The van der Waals surface area contributed by atoms with Crippen molar-refractivity contribution in [3.05, 3.63) is 32.8 Å². The largest absolute Gasteiger partial charge is 0.294 e. The number of rotatable bonds is 0. The Kier molecular flexibility index (Phi) is 1.97. The van der Waals surface area contributed by atoms with Gasteiger partial charge in [-0.15, -0.1) is 0 Å². The summed E-state index contributed by atoms with van der Waals surface area (Å²) in [6, 6.07) is 3.68. The molecule has 0 radical (unpaired) electrons. The van der Waals surface area contributed by atoms with E-state index in [1.165, 1.54) is 0 Å². The van der Waals surface area contributed by atoms with Gasteiger partial charge in [0.15, 0.2) is 5.78 Å². The molecule has 0 atom stereocenters. The quantitative estimate of drug-likeness (QED) is 0.686. The lowest BCUT2D eigenvalue weighted by atomic mass is 10.1. The zero-order chi connectivity index (χ0) is 8.72. The van der Waals surface area contributed by atoms with E-state index in [1.54, 1.807) is 6.07 Å². The lowest BCUT2D eigenvalue weighted by Crippen LogP contribution is -1.90. The fourth-order valence-electron chi connectivity index (χ4n) is 1.44. The fourth-order valence-corrected chi connectivity index (χ4v) is 1.99. The van der Waals surface area contributed by atoms with Crippen LogP contribution in [-0.2, 0) is 6.42 Å². The predicted octanol–water partition coefficient (Wildman–Crippen LogP) is 3.23. The number of halogens is 2. The molecule has 0 N–H and O–H groups in total. The van der Waals surface area contributed by atoms with Crippen LogP contribution in [0.2, 0.25) is 5.02 Å². The molecular weight excluding hydrogens is 239 g/mol. The van der Waals surface area contributed by atoms with Crippen molar-refractivity contribution in [1.29, 1.82) is 0 Å². The Hall–Kier alpha value is -0.340. The first-order valence-corrected chi connectivity index (χ1v) is 4.86. The van der Waals surface area contributed by atoms with Crippen molar-refractivity contribution in [2.45, 2.75) is 12.8 Å². The molecule has 1 aromatic rings. The van der Waals surface area contributed by atoms with Crippen LogP contribution in [0.1, 0.15) is 22.3 Å². The van der Waals surface area contributed by atoms with E-state index in [4.69, 9.17) is 11.6 Å². The predicted molar refractivity (Wildman–Crippen MR) is 51.8 cm³/mol. The molecule has 0 heterocycles. The molecule has 0 bridgehead atoms. The Labute approximate surface area is 83.9 Å². The molecule has 1 nitrogen and oxygen atoms in total. The summed E-state index contributed by atoms with van der Waals surface area (Å²) in [5.74, 6) is 0.208. The highest BCUT2D eigenvalue weighted by atomic mass is 79.9. The summed E-state index contributed by atoms with van der Waals surface area (Å²) in [5, 5.41) is 0.615. The molecule has 12 heavy (non-hydrogen) atoms. The van der Waals surface area contributed by atoms with Crippen LogP contribution >= 0.6 is 27.5 Å². The van der Waals surface area contributed by atoms with Gasteiger partial charge >= 0.3 is 0 Å². The molecule has 0 spiro atoms. The van der Waals surface area contributed by atoms with Crippen LogP contribution in [0.3, 0.4) is 0 Å². The molecule has 0 saturated carbocycles. The molecule has 3 heteroatoms. The van der Waals surface area contributed by atoms with Gasteiger partial charge in [-0.3, -0.25) is 4.79 Å². The van der Waals surface area contributed by atoms with Crippen LogP contribution in [0.5, 0.6) is 0 Å². The average molecular weight is 246 g/mol. The summed E-state index contributed by atoms with van der Waals surface area (Å²) in [6.07, 6.45) is 1.48. The second-order valence-electron chi connectivity index (χ2n) is 2.85. The Bertz CT molecular complexity index is 360. The monoisotopic (exact) mass is 244 g/mol. The summed E-state index contributed by atoms with van der Waals surface area (Å²) >= 11 is 9.18. The third kappa shape index (κ3) is 1.19. The number of ketones is 1. The molecule has 2 rings (SSSR count). The summed E-state index contributed by atoms with van der Waals surface area (Å²) in [6.45, 7) is 0. The topological polar surface area (TPSA) is 17.1 Å². The van der Waals surface area contributed by atoms with E-state index in [0.29, 0.717) is 11.4 Å². The zero-order valence-corrected chi connectivity index (χ0v) is 8.58. The smallest absolute Gasteiger partial charge is 0.163 e. The normalized spacial score (nSPS) is 15.0. The molecule has 0 unspecified atom stereocenters. The van der Waals surface area contributed by atoms with Gasteiger partial charge in [0.25, 0.3) is 0 Å². The van der Waals surface area contributed by atoms with Crippen molar-refractivity contribution < 1.29 is 4.79 Å². The van der Waals surface area contributed by atoms with Crippen molar-refractivity contribution in [3.63, 3.8) is 0 Å². The molecule has 0 fully saturated rings. The van der Waals surface area contributed by atoms with Gasteiger partial charge in [0.05, 0.1) is 5.02 Å². The Morgan fingerprint density at radius 1 is 1.33 bits per heavy atom. The number of fused-ring (bicyclic) bond motifs is 1. The van der Waals surface area contributed by atoms with Gasteiger partial charge in [0, 0.05) is 16.5 Å². The number of benzene rings is 1. The van der Waals surface area contributed by atoms with Gasteiger partial charge in [-0.05, 0) is 40.0 Å². The first-order valence-electron chi connectivity index (χ1n) is 3.69. The Balaban J connectivity index is 2.63. The van der Waals surface area contributed by atoms with E-state index in [9.17, 15) is 4.79 Å². The Morgan fingerprint density at radius 3 is 2.83 bits per heavy atom. The van der Waals surface area contributed by atoms with Crippen molar-refractivity contribution >= 4 is 33.3 Å². The van der Waals surface area contributed by atoms with E-state index >= 15 is 0 Å². The van der Waals surface area contributed by atoms with Crippen LogP contribution in [-0.4, -0.2) is 5.78 Å². The van der Waals surface area contributed by atoms with Crippen molar-refractivity contribution in [3.8, 4) is 0 Å². The summed E-state index contributed by atoms with van der Waals surface area (Å²) in [5.41, 5.74) is 1.90. The summed E-state index contributed by atoms with van der Waals surface area (Å²) in [4.78, 5) is 11.3. The molecule has 0 amide bonds. The van der Waals surface area contributed by atoms with Crippen molar-refractivity contribution in [2.24, 2.45) is 0 Å². The average Bonchev–Trinajstić information content (AvgIpc) is 2.35. The number of Topliss-reactive ketones (excluding diaryl/α,β-unsaturated/α-hetero) is 1. The fraction of sp³-hybridized carbons (Fsp3) is 0.222. The summed E-state index contributed by atoms with van der Waals surface area (Å²) < 4.78 is 0.873. The molecule has 0 aliphatic heterocycles. The molecule has 0 aromatic heterocycles. The van der Waals surface area contributed by atoms with Crippen molar-refractivity contribution in [2.75, 3.05) is 0 Å². The second-order valence-corrected chi connectivity index (χ2v) is 4.11. The van der Waals surface area contributed by atoms with Gasteiger partial charge in [-0.2, -0.15) is 0 Å². The SMILES string of the molecule is O=C1CCc2cc(Br)c(Cl)cc21. The van der Waals surface area contributed by atoms with Gasteiger partial charge in [0.1, 0.15) is 0 Å². The minimum absolute atomic E-state index is 0.208. The molecule has 1 aliphatic rings. The van der Waals surface area contributed by atoms with E-state index < -0.39 is 0 Å². The van der Waals surface area contributed by atoms with Gasteiger partial charge < -0.3 is 0 Å². The minimum atomic E-state index is 0.208. The molecule has 1 aromatic carbocycles. The van der Waals surface area contributed by atoms with Crippen LogP contribution in [0.15, 0.2) is 16.6 Å². The lowest BCUT2D eigenvalue weighted by Gasteiger charge is -2.00. The van der Waals surface area contributed by atoms with E-state index in [0.717, 1.165) is 22.0 Å². The maximum absolute atomic E-state index is 11.3. The first-order chi connectivity index (χ1) is 5.68. The van der Waals surface area contributed by atoms with Crippen LogP contribution in [0.25, 0.3) is 0 Å². The van der Waals surface area contributed by atoms with Crippen molar-refractivity contribution in [1.82, 2.24) is 0 Å².